The van der Waals surface area contributed by atoms with Crippen LogP contribution in [0.1, 0.15) is 0 Å². The van der Waals surface area contributed by atoms with Crippen LogP contribution in [0.25, 0.3) is 0 Å². The van der Waals surface area contributed by atoms with Gasteiger partial charge in [0.25, 0.3) is 10.0 Å². The molecule has 0 aliphatic rings. The summed E-state index contributed by atoms with van der Waals surface area (Å²) in [5, 5.41) is 0.170. The van der Waals surface area contributed by atoms with Gasteiger partial charge in [0, 0.05) is 12.7 Å². The molecule has 128 valence electrons. The Morgan fingerprint density at radius 1 is 0.960 bits per heavy atom. The minimum absolute atomic E-state index is 0.0298. The number of sulfonamides is 1. The lowest BCUT2D eigenvalue weighted by Crippen LogP contribution is -2.14. The lowest BCUT2D eigenvalue weighted by molar-refractivity contribution is 0.601. The molecule has 0 atom stereocenters. The quantitative estimate of drug-likeness (QED) is 0.724. The number of pyridine rings is 1. The lowest BCUT2D eigenvalue weighted by Gasteiger charge is -2.18. The van der Waals surface area contributed by atoms with Crippen molar-refractivity contribution < 1.29 is 8.42 Å². The molecule has 5 nitrogen and oxygen atoms in total. The molecule has 2 aromatic carbocycles. The fraction of sp³-hybridized carbons (Fsp3) is 0.0556. The summed E-state index contributed by atoms with van der Waals surface area (Å²) in [7, 11) is -1.87. The van der Waals surface area contributed by atoms with E-state index >= 15 is 0 Å². The first-order valence-corrected chi connectivity index (χ1v) is 9.36. The topological polar surface area (TPSA) is 62.3 Å². The van der Waals surface area contributed by atoms with E-state index in [1.165, 1.54) is 18.3 Å². The second-order valence-corrected chi connectivity index (χ2v) is 7.39. The van der Waals surface area contributed by atoms with Gasteiger partial charge in [-0.25, -0.2) is 13.4 Å². The van der Waals surface area contributed by atoms with E-state index in [1.54, 1.807) is 24.3 Å². The van der Waals surface area contributed by atoms with Crippen molar-refractivity contribution in [2.45, 2.75) is 4.90 Å². The summed E-state index contributed by atoms with van der Waals surface area (Å²) in [6.45, 7) is 0. The van der Waals surface area contributed by atoms with Gasteiger partial charge in [-0.1, -0.05) is 41.9 Å². The minimum Gasteiger partial charge on any atom is -0.329 e. The van der Waals surface area contributed by atoms with Crippen LogP contribution in [0.15, 0.2) is 77.8 Å². The molecule has 0 aliphatic heterocycles. The fourth-order valence-electron chi connectivity index (χ4n) is 2.30. The maximum Gasteiger partial charge on any atom is 0.263 e. The van der Waals surface area contributed by atoms with Crippen molar-refractivity contribution in [3.63, 3.8) is 0 Å². The number of anilines is 3. The Balaban J connectivity index is 1.80. The van der Waals surface area contributed by atoms with Crippen LogP contribution in [0.5, 0.6) is 0 Å². The third kappa shape index (κ3) is 3.92. The van der Waals surface area contributed by atoms with Gasteiger partial charge in [0.15, 0.2) is 0 Å². The molecule has 1 N–H and O–H groups in total. The van der Waals surface area contributed by atoms with Crippen LogP contribution in [0, 0.1) is 0 Å². The normalized spacial score (nSPS) is 11.1. The van der Waals surface area contributed by atoms with Gasteiger partial charge >= 0.3 is 0 Å². The Labute approximate surface area is 152 Å². The number of benzene rings is 2. The average Bonchev–Trinajstić information content (AvgIpc) is 2.62. The van der Waals surface area contributed by atoms with E-state index in [-0.39, 0.29) is 9.92 Å². The fourth-order valence-corrected chi connectivity index (χ4v) is 3.87. The van der Waals surface area contributed by atoms with Crippen molar-refractivity contribution >= 4 is 38.8 Å². The Bertz CT molecular complexity index is 961. The number of para-hydroxylation sites is 1. The summed E-state index contributed by atoms with van der Waals surface area (Å²) < 4.78 is 27.3. The first kappa shape index (κ1) is 17.3. The van der Waals surface area contributed by atoms with E-state index in [2.05, 4.69) is 9.71 Å². The number of aromatic nitrogens is 1. The van der Waals surface area contributed by atoms with Crippen LogP contribution in [-0.2, 0) is 10.0 Å². The van der Waals surface area contributed by atoms with Gasteiger partial charge in [-0.3, -0.25) is 4.72 Å². The van der Waals surface area contributed by atoms with Gasteiger partial charge in [0.1, 0.15) is 10.7 Å². The van der Waals surface area contributed by atoms with E-state index in [9.17, 15) is 8.42 Å². The van der Waals surface area contributed by atoms with E-state index in [4.69, 9.17) is 11.6 Å². The van der Waals surface area contributed by atoms with Crippen molar-refractivity contribution in [2.24, 2.45) is 0 Å². The standard InChI is InChI=1S/C18H16ClN3O2S/c1-22(15-7-3-2-4-8-15)18-12-11-14(13-20-18)21-25(23,24)17-10-6-5-9-16(17)19/h2-13,21H,1H3. The second kappa shape index (κ2) is 7.13. The van der Waals surface area contributed by atoms with Crippen molar-refractivity contribution in [1.82, 2.24) is 4.98 Å². The SMILES string of the molecule is CN(c1ccccc1)c1ccc(NS(=O)(=O)c2ccccc2Cl)cn1. The Morgan fingerprint density at radius 2 is 1.64 bits per heavy atom. The molecule has 0 spiro atoms. The van der Waals surface area contributed by atoms with Crippen LogP contribution < -0.4 is 9.62 Å². The zero-order chi connectivity index (χ0) is 17.9. The van der Waals surface area contributed by atoms with Crippen LogP contribution >= 0.6 is 11.6 Å². The number of rotatable bonds is 5. The smallest absolute Gasteiger partial charge is 0.263 e. The van der Waals surface area contributed by atoms with Crippen LogP contribution in [-0.4, -0.2) is 20.4 Å². The predicted octanol–water partition coefficient (Wildman–Crippen LogP) is 4.30. The number of nitrogens with one attached hydrogen (secondary N) is 1. The highest BCUT2D eigenvalue weighted by molar-refractivity contribution is 7.92. The first-order valence-electron chi connectivity index (χ1n) is 7.49. The Morgan fingerprint density at radius 3 is 2.28 bits per heavy atom. The highest BCUT2D eigenvalue weighted by Gasteiger charge is 2.17. The van der Waals surface area contributed by atoms with E-state index < -0.39 is 10.0 Å². The van der Waals surface area contributed by atoms with Crippen molar-refractivity contribution in [2.75, 3.05) is 16.7 Å². The molecular formula is C18H16ClN3O2S. The Kier molecular flexibility index (Phi) is 4.92. The number of hydrogen-bond acceptors (Lipinski definition) is 4. The van der Waals surface area contributed by atoms with Crippen LogP contribution in [0.4, 0.5) is 17.2 Å². The molecule has 3 rings (SSSR count). The molecule has 1 heterocycles. The summed E-state index contributed by atoms with van der Waals surface area (Å²) in [6.07, 6.45) is 1.48. The van der Waals surface area contributed by atoms with Gasteiger partial charge in [0.2, 0.25) is 0 Å². The molecular weight excluding hydrogens is 358 g/mol. The molecule has 3 aromatic rings. The molecule has 7 heteroatoms. The summed E-state index contributed by atoms with van der Waals surface area (Å²) in [6, 6.07) is 19.5. The minimum atomic E-state index is -3.76. The molecule has 0 fully saturated rings. The van der Waals surface area contributed by atoms with Crippen LogP contribution in [0.2, 0.25) is 5.02 Å². The van der Waals surface area contributed by atoms with E-state index in [0.29, 0.717) is 11.5 Å². The third-order valence-electron chi connectivity index (χ3n) is 3.61. The summed E-state index contributed by atoms with van der Waals surface area (Å²) in [4.78, 5) is 6.26. The molecule has 0 aliphatic carbocycles. The van der Waals surface area contributed by atoms with E-state index in [1.807, 2.05) is 42.3 Å². The molecule has 0 amide bonds. The zero-order valence-electron chi connectivity index (χ0n) is 13.4. The summed E-state index contributed by atoms with van der Waals surface area (Å²) in [5.74, 6) is 0.701. The maximum atomic E-state index is 12.4. The molecule has 0 unspecified atom stereocenters. The predicted molar refractivity (Wildman–Crippen MR) is 101 cm³/mol. The van der Waals surface area contributed by atoms with Crippen LogP contribution in [0.3, 0.4) is 0 Å². The number of halogens is 1. The molecule has 0 bridgehead atoms. The molecule has 1 aromatic heterocycles. The molecule has 0 saturated heterocycles. The Hall–Kier alpha value is -2.57. The second-order valence-electron chi connectivity index (χ2n) is 5.34. The van der Waals surface area contributed by atoms with Crippen molar-refractivity contribution in [3.8, 4) is 0 Å². The molecule has 0 saturated carbocycles. The number of nitrogens with zero attached hydrogens (tertiary/aromatic N) is 2. The molecule has 0 radical (unpaired) electrons. The van der Waals surface area contributed by atoms with Gasteiger partial charge in [-0.2, -0.15) is 0 Å². The van der Waals surface area contributed by atoms with Gasteiger partial charge in [-0.15, -0.1) is 0 Å². The van der Waals surface area contributed by atoms with Gasteiger partial charge < -0.3 is 4.90 Å². The lowest BCUT2D eigenvalue weighted by atomic mass is 10.3. The average molecular weight is 374 g/mol. The molecule has 25 heavy (non-hydrogen) atoms. The van der Waals surface area contributed by atoms with Crippen molar-refractivity contribution in [3.05, 3.63) is 77.9 Å². The first-order chi connectivity index (χ1) is 12.0. The van der Waals surface area contributed by atoms with Gasteiger partial charge in [-0.05, 0) is 36.4 Å². The highest BCUT2D eigenvalue weighted by Crippen LogP contribution is 2.25. The van der Waals surface area contributed by atoms with E-state index in [0.717, 1.165) is 5.69 Å². The highest BCUT2D eigenvalue weighted by atomic mass is 35.5. The number of hydrogen-bond donors (Lipinski definition) is 1. The summed E-state index contributed by atoms with van der Waals surface area (Å²) in [5.41, 5.74) is 1.35. The largest absolute Gasteiger partial charge is 0.329 e. The summed E-state index contributed by atoms with van der Waals surface area (Å²) >= 11 is 5.97. The zero-order valence-corrected chi connectivity index (χ0v) is 15.0. The third-order valence-corrected chi connectivity index (χ3v) is 5.49. The van der Waals surface area contributed by atoms with Crippen molar-refractivity contribution in [1.29, 1.82) is 0 Å². The maximum absolute atomic E-state index is 12.4. The monoisotopic (exact) mass is 373 g/mol. The van der Waals surface area contributed by atoms with Gasteiger partial charge in [0.05, 0.1) is 16.9 Å².